The number of ether oxygens (including phenoxy) is 3. The van der Waals surface area contributed by atoms with Gasteiger partial charge in [0.15, 0.2) is 0 Å². The molecule has 1 N–H and O–H groups in total. The van der Waals surface area contributed by atoms with Crippen molar-refractivity contribution in [3.63, 3.8) is 0 Å². The number of carbonyl (C=O) groups excluding carboxylic acids is 2. The predicted molar refractivity (Wildman–Crippen MR) is 93.4 cm³/mol. The lowest BCUT2D eigenvalue weighted by Gasteiger charge is -2.19. The van der Waals surface area contributed by atoms with Gasteiger partial charge in [0.1, 0.15) is 23.6 Å². The number of esters is 1. The fraction of sp³-hybridized carbons (Fsp3) is 0.579. The number of aliphatic hydroxyl groups is 1. The Bertz CT molecular complexity index is 544. The second-order valence-corrected chi connectivity index (χ2v) is 6.85. The van der Waals surface area contributed by atoms with Crippen molar-refractivity contribution in [3.8, 4) is 5.75 Å². The lowest BCUT2D eigenvalue weighted by atomic mass is 10.1. The molecule has 0 aromatic heterocycles. The molecule has 0 aliphatic carbocycles. The molecule has 0 aliphatic heterocycles. The third kappa shape index (κ3) is 9.84. The third-order valence-corrected chi connectivity index (χ3v) is 3.25. The van der Waals surface area contributed by atoms with E-state index in [-0.39, 0.29) is 18.6 Å². The van der Waals surface area contributed by atoms with Crippen molar-refractivity contribution >= 4 is 11.8 Å². The van der Waals surface area contributed by atoms with E-state index in [0.717, 1.165) is 11.3 Å². The summed E-state index contributed by atoms with van der Waals surface area (Å²) in [5.41, 5.74) is 0.377. The number of benzene rings is 1. The lowest BCUT2D eigenvalue weighted by molar-refractivity contribution is -0.156. The van der Waals surface area contributed by atoms with Crippen LogP contribution in [0.15, 0.2) is 24.3 Å². The van der Waals surface area contributed by atoms with E-state index in [2.05, 4.69) is 0 Å². The highest BCUT2D eigenvalue weighted by Crippen LogP contribution is 2.13. The molecular weight excluding hydrogens is 324 g/mol. The van der Waals surface area contributed by atoms with E-state index in [0.29, 0.717) is 19.6 Å². The van der Waals surface area contributed by atoms with Crippen molar-refractivity contribution in [2.24, 2.45) is 0 Å². The van der Waals surface area contributed by atoms with Crippen LogP contribution in [0.1, 0.15) is 45.6 Å². The highest BCUT2D eigenvalue weighted by Gasteiger charge is 2.20. The van der Waals surface area contributed by atoms with Crippen molar-refractivity contribution < 1.29 is 28.9 Å². The van der Waals surface area contributed by atoms with Gasteiger partial charge in [0.05, 0.1) is 19.8 Å². The van der Waals surface area contributed by atoms with Gasteiger partial charge in [0.25, 0.3) is 0 Å². The topological polar surface area (TPSA) is 82.1 Å². The number of ketones is 1. The number of carbonyl (C=O) groups is 2. The zero-order chi connectivity index (χ0) is 18.9. The van der Waals surface area contributed by atoms with E-state index >= 15 is 0 Å². The fourth-order valence-electron chi connectivity index (χ4n) is 2.11. The minimum atomic E-state index is -0.828. The molecule has 0 fully saturated rings. The summed E-state index contributed by atoms with van der Waals surface area (Å²) in [4.78, 5) is 23.3. The Kier molecular flexibility index (Phi) is 8.58. The summed E-state index contributed by atoms with van der Waals surface area (Å²) < 4.78 is 15.6. The molecule has 0 radical (unpaired) electrons. The first-order chi connectivity index (χ1) is 11.7. The van der Waals surface area contributed by atoms with Gasteiger partial charge in [-0.15, -0.1) is 0 Å². The largest absolute Gasteiger partial charge is 0.497 e. The second kappa shape index (κ2) is 10.2. The molecule has 0 spiro atoms. The van der Waals surface area contributed by atoms with Crippen molar-refractivity contribution in [3.05, 3.63) is 29.8 Å². The van der Waals surface area contributed by atoms with Crippen molar-refractivity contribution in [2.45, 2.75) is 58.3 Å². The maximum absolute atomic E-state index is 11.8. The van der Waals surface area contributed by atoms with E-state index in [1.165, 1.54) is 0 Å². The normalized spacial score (nSPS) is 12.5. The summed E-state index contributed by atoms with van der Waals surface area (Å²) in [5, 5.41) is 9.86. The van der Waals surface area contributed by atoms with Gasteiger partial charge in [-0.3, -0.25) is 9.59 Å². The Balaban J connectivity index is 2.20. The molecule has 0 aliphatic rings. The molecule has 25 heavy (non-hydrogen) atoms. The molecule has 1 aromatic carbocycles. The van der Waals surface area contributed by atoms with Crippen LogP contribution in [0, 0.1) is 0 Å². The highest BCUT2D eigenvalue weighted by atomic mass is 16.6. The van der Waals surface area contributed by atoms with E-state index in [4.69, 9.17) is 14.2 Å². The molecule has 1 aromatic rings. The number of aliphatic hydroxyl groups excluding tert-OH is 1. The molecule has 0 heterocycles. The van der Waals surface area contributed by atoms with Crippen molar-refractivity contribution in [1.29, 1.82) is 0 Å². The smallest absolute Gasteiger partial charge is 0.313 e. The standard InChI is InChI=1S/C19H28O6/c1-19(2,3)25-18(22)12-16(21)11-15(20)9-10-24-13-14-5-7-17(23-4)8-6-14/h5-8,15,20H,9-13H2,1-4H3/t15-/m1/s1. The van der Waals surface area contributed by atoms with Crippen molar-refractivity contribution in [1.82, 2.24) is 0 Å². The van der Waals surface area contributed by atoms with Crippen LogP contribution < -0.4 is 4.74 Å². The maximum atomic E-state index is 11.8. The minimum absolute atomic E-state index is 0.0782. The monoisotopic (exact) mass is 352 g/mol. The average molecular weight is 352 g/mol. The van der Waals surface area contributed by atoms with Gasteiger partial charge in [0, 0.05) is 13.0 Å². The lowest BCUT2D eigenvalue weighted by Crippen LogP contribution is -2.26. The van der Waals surface area contributed by atoms with Gasteiger partial charge in [-0.25, -0.2) is 0 Å². The first-order valence-electron chi connectivity index (χ1n) is 8.32. The van der Waals surface area contributed by atoms with Crippen LogP contribution in [0.4, 0.5) is 0 Å². The molecular formula is C19H28O6. The average Bonchev–Trinajstić information content (AvgIpc) is 2.50. The van der Waals surface area contributed by atoms with Crippen LogP contribution in [0.5, 0.6) is 5.75 Å². The second-order valence-electron chi connectivity index (χ2n) is 6.85. The van der Waals surface area contributed by atoms with Crippen LogP contribution in [-0.2, 0) is 25.7 Å². The Morgan fingerprint density at radius 1 is 1.16 bits per heavy atom. The molecule has 0 amide bonds. The van der Waals surface area contributed by atoms with Gasteiger partial charge < -0.3 is 19.3 Å². The molecule has 1 rings (SSSR count). The number of Topliss-reactive ketones (excluding diaryl/α,β-unsaturated/α-hetero) is 1. The molecule has 0 bridgehead atoms. The fourth-order valence-corrected chi connectivity index (χ4v) is 2.11. The molecule has 0 unspecified atom stereocenters. The molecule has 6 nitrogen and oxygen atoms in total. The predicted octanol–water partition coefficient (Wildman–Crippen LogP) is 2.65. The number of hydrogen-bond acceptors (Lipinski definition) is 6. The SMILES string of the molecule is COc1ccc(COCC[C@@H](O)CC(=O)CC(=O)OC(C)(C)C)cc1. The van der Waals surface area contributed by atoms with Crippen LogP contribution in [-0.4, -0.2) is 42.3 Å². The number of methoxy groups -OCH3 is 1. The van der Waals surface area contributed by atoms with Crippen LogP contribution in [0.3, 0.4) is 0 Å². The van der Waals surface area contributed by atoms with Gasteiger partial charge in [0.2, 0.25) is 0 Å². The first-order valence-corrected chi connectivity index (χ1v) is 8.32. The van der Waals surface area contributed by atoms with Crippen molar-refractivity contribution in [2.75, 3.05) is 13.7 Å². The highest BCUT2D eigenvalue weighted by molar-refractivity contribution is 5.95. The summed E-state index contributed by atoms with van der Waals surface area (Å²) >= 11 is 0. The van der Waals surface area contributed by atoms with E-state index in [1.54, 1.807) is 27.9 Å². The third-order valence-electron chi connectivity index (χ3n) is 3.25. The summed E-state index contributed by atoms with van der Waals surface area (Å²) in [7, 11) is 1.61. The van der Waals surface area contributed by atoms with E-state index in [1.807, 2.05) is 24.3 Å². The van der Waals surface area contributed by atoms with Gasteiger partial charge >= 0.3 is 5.97 Å². The summed E-state index contributed by atoms with van der Waals surface area (Å²) in [6.45, 7) is 5.97. The first kappa shape index (κ1) is 21.1. The molecule has 140 valence electrons. The Morgan fingerprint density at radius 2 is 1.80 bits per heavy atom. The van der Waals surface area contributed by atoms with Crippen LogP contribution in [0.2, 0.25) is 0 Å². The van der Waals surface area contributed by atoms with Gasteiger partial charge in [-0.1, -0.05) is 12.1 Å². The molecule has 6 heteroatoms. The van der Waals surface area contributed by atoms with Crippen LogP contribution in [0.25, 0.3) is 0 Å². The molecule has 0 saturated heterocycles. The Labute approximate surface area is 149 Å². The summed E-state index contributed by atoms with van der Waals surface area (Å²) in [6, 6.07) is 7.50. The summed E-state index contributed by atoms with van der Waals surface area (Å²) in [5.74, 6) is -0.125. The minimum Gasteiger partial charge on any atom is -0.497 e. The van der Waals surface area contributed by atoms with E-state index in [9.17, 15) is 14.7 Å². The zero-order valence-corrected chi connectivity index (χ0v) is 15.4. The van der Waals surface area contributed by atoms with Gasteiger partial charge in [-0.2, -0.15) is 0 Å². The molecule has 0 saturated carbocycles. The maximum Gasteiger partial charge on any atom is 0.313 e. The summed E-state index contributed by atoms with van der Waals surface area (Å²) in [6.07, 6.45) is -0.895. The van der Waals surface area contributed by atoms with Crippen LogP contribution >= 0.6 is 0 Å². The number of rotatable bonds is 10. The van der Waals surface area contributed by atoms with Gasteiger partial charge in [-0.05, 0) is 44.9 Å². The quantitative estimate of drug-likeness (QED) is 0.396. The zero-order valence-electron chi connectivity index (χ0n) is 15.4. The number of hydrogen-bond donors (Lipinski definition) is 1. The molecule has 1 atom stereocenters. The van der Waals surface area contributed by atoms with E-state index < -0.39 is 17.7 Å². The Morgan fingerprint density at radius 3 is 2.36 bits per heavy atom. The Hall–Kier alpha value is -1.92.